The monoisotopic (exact) mass is 473 g/mol. The van der Waals surface area contributed by atoms with E-state index in [2.05, 4.69) is 20.4 Å². The first-order valence-electron chi connectivity index (χ1n) is 7.74. The van der Waals surface area contributed by atoms with Gasteiger partial charge in [0.1, 0.15) is 12.0 Å². The van der Waals surface area contributed by atoms with Crippen molar-refractivity contribution in [3.8, 4) is 0 Å². The Labute approximate surface area is 168 Å². The van der Waals surface area contributed by atoms with Gasteiger partial charge in [-0.15, -0.1) is 24.0 Å². The van der Waals surface area contributed by atoms with Crippen molar-refractivity contribution in [3.05, 3.63) is 53.0 Å². The molecule has 3 aromatic rings. The summed E-state index contributed by atoms with van der Waals surface area (Å²) in [6.07, 6.45) is 4.48. The van der Waals surface area contributed by atoms with Crippen LogP contribution in [-0.4, -0.2) is 41.6 Å². The zero-order valence-electron chi connectivity index (χ0n) is 14.1. The summed E-state index contributed by atoms with van der Waals surface area (Å²) in [5, 5.41) is 9.20. The molecule has 2 N–H and O–H groups in total. The Morgan fingerprint density at radius 2 is 2.24 bits per heavy atom. The maximum absolute atomic E-state index is 6.09. The van der Waals surface area contributed by atoms with Gasteiger partial charge in [0.2, 0.25) is 0 Å². The molecule has 2 heterocycles. The quantitative estimate of drug-likeness (QED) is 0.337. The molecular formula is C17H21ClIN5O. The van der Waals surface area contributed by atoms with Crippen molar-refractivity contribution in [1.29, 1.82) is 0 Å². The Kier molecular flexibility index (Phi) is 7.12. The molecule has 0 aliphatic heterocycles. The van der Waals surface area contributed by atoms with Gasteiger partial charge in [-0.3, -0.25) is 4.99 Å². The third kappa shape index (κ3) is 4.88. The van der Waals surface area contributed by atoms with Gasteiger partial charge in [0, 0.05) is 48.8 Å². The summed E-state index contributed by atoms with van der Waals surface area (Å²) in [6, 6.07) is 7.73. The molecule has 25 heavy (non-hydrogen) atoms. The van der Waals surface area contributed by atoms with Crippen LogP contribution in [0.5, 0.6) is 0 Å². The average molecular weight is 474 g/mol. The van der Waals surface area contributed by atoms with Crippen LogP contribution in [0.3, 0.4) is 0 Å². The van der Waals surface area contributed by atoms with Gasteiger partial charge < -0.3 is 19.7 Å². The summed E-state index contributed by atoms with van der Waals surface area (Å²) >= 11 is 6.09. The highest BCUT2D eigenvalue weighted by atomic mass is 127. The number of fused-ring (bicyclic) bond motifs is 1. The van der Waals surface area contributed by atoms with Crippen LogP contribution in [0.15, 0.2) is 46.2 Å². The number of aliphatic imine (C=N–C) groups is 1. The van der Waals surface area contributed by atoms with E-state index in [4.69, 9.17) is 16.1 Å². The first kappa shape index (κ1) is 19.6. The molecule has 0 saturated carbocycles. The molecule has 6 nitrogen and oxygen atoms in total. The zero-order valence-corrected chi connectivity index (χ0v) is 17.2. The third-order valence-electron chi connectivity index (χ3n) is 3.87. The second kappa shape index (κ2) is 9.10. The van der Waals surface area contributed by atoms with Crippen molar-refractivity contribution >= 4 is 52.4 Å². The lowest BCUT2D eigenvalue weighted by atomic mass is 10.1. The molecule has 0 aliphatic carbocycles. The predicted octanol–water partition coefficient (Wildman–Crippen LogP) is 3.68. The van der Waals surface area contributed by atoms with Crippen LogP contribution in [0.25, 0.3) is 10.9 Å². The fraction of sp³-hybridized carbons (Fsp3) is 0.294. The highest BCUT2D eigenvalue weighted by Crippen LogP contribution is 2.22. The minimum Gasteiger partial charge on any atom is -0.364 e. The standard InChI is InChI=1S/C17H20ClN5O.HI/c1-19-17(23(2)11-14-6-8-24-22-14)20-7-5-12-10-21-16-4-3-13(18)9-15(12)16;/h3-4,6,8-10,21H,5,7,11H2,1-2H3,(H,19,20);1H. The van der Waals surface area contributed by atoms with E-state index in [1.165, 1.54) is 5.56 Å². The summed E-state index contributed by atoms with van der Waals surface area (Å²) in [7, 11) is 3.74. The number of nitrogens with one attached hydrogen (secondary N) is 2. The largest absolute Gasteiger partial charge is 0.364 e. The van der Waals surface area contributed by atoms with Crippen molar-refractivity contribution < 1.29 is 4.52 Å². The molecule has 8 heteroatoms. The van der Waals surface area contributed by atoms with Gasteiger partial charge in [0.25, 0.3) is 0 Å². The molecule has 1 aromatic carbocycles. The minimum absolute atomic E-state index is 0. The second-order valence-corrected chi connectivity index (χ2v) is 6.01. The first-order chi connectivity index (χ1) is 11.7. The Balaban J connectivity index is 0.00000225. The highest BCUT2D eigenvalue weighted by Gasteiger charge is 2.09. The van der Waals surface area contributed by atoms with Gasteiger partial charge in [-0.25, -0.2) is 0 Å². The number of halogens is 2. The molecule has 0 amide bonds. The summed E-state index contributed by atoms with van der Waals surface area (Å²) in [5.41, 5.74) is 3.20. The molecule has 0 unspecified atom stereocenters. The van der Waals surface area contributed by atoms with Crippen LogP contribution in [-0.2, 0) is 13.0 Å². The number of hydrogen-bond donors (Lipinski definition) is 2. The maximum atomic E-state index is 6.09. The van der Waals surface area contributed by atoms with E-state index < -0.39 is 0 Å². The number of nitrogens with zero attached hydrogens (tertiary/aromatic N) is 3. The van der Waals surface area contributed by atoms with E-state index in [0.717, 1.165) is 40.5 Å². The summed E-state index contributed by atoms with van der Waals surface area (Å²) in [5.74, 6) is 0.816. The summed E-state index contributed by atoms with van der Waals surface area (Å²) < 4.78 is 4.86. The van der Waals surface area contributed by atoms with Gasteiger partial charge in [-0.1, -0.05) is 16.8 Å². The topological polar surface area (TPSA) is 69.5 Å². The SMILES string of the molecule is CN=C(NCCc1c[nH]c2ccc(Cl)cc12)N(C)Cc1ccon1.I. The number of hydrogen-bond acceptors (Lipinski definition) is 3. The molecule has 0 aliphatic rings. The Hall–Kier alpha value is -1.74. The van der Waals surface area contributed by atoms with Crippen LogP contribution >= 0.6 is 35.6 Å². The normalized spacial score (nSPS) is 11.4. The van der Waals surface area contributed by atoms with Crippen molar-refractivity contribution in [2.45, 2.75) is 13.0 Å². The second-order valence-electron chi connectivity index (χ2n) is 5.57. The van der Waals surface area contributed by atoms with Gasteiger partial charge in [0.05, 0.1) is 6.54 Å². The van der Waals surface area contributed by atoms with Crippen LogP contribution in [0.1, 0.15) is 11.3 Å². The van der Waals surface area contributed by atoms with Gasteiger partial charge >= 0.3 is 0 Å². The zero-order chi connectivity index (χ0) is 16.9. The van der Waals surface area contributed by atoms with E-state index >= 15 is 0 Å². The number of aromatic nitrogens is 2. The average Bonchev–Trinajstić information content (AvgIpc) is 3.21. The Morgan fingerprint density at radius 3 is 2.96 bits per heavy atom. The molecule has 134 valence electrons. The lowest BCUT2D eigenvalue weighted by molar-refractivity contribution is 0.391. The number of rotatable bonds is 5. The lowest BCUT2D eigenvalue weighted by Gasteiger charge is -2.20. The van der Waals surface area contributed by atoms with Crippen molar-refractivity contribution in [2.75, 3.05) is 20.6 Å². The van der Waals surface area contributed by atoms with Crippen molar-refractivity contribution in [2.24, 2.45) is 4.99 Å². The number of benzene rings is 1. The minimum atomic E-state index is 0. The maximum Gasteiger partial charge on any atom is 0.193 e. The fourth-order valence-electron chi connectivity index (χ4n) is 2.69. The summed E-state index contributed by atoms with van der Waals surface area (Å²) in [6.45, 7) is 1.41. The predicted molar refractivity (Wildman–Crippen MR) is 112 cm³/mol. The first-order valence-corrected chi connectivity index (χ1v) is 8.11. The number of guanidine groups is 1. The van der Waals surface area contributed by atoms with E-state index in [0.29, 0.717) is 6.54 Å². The summed E-state index contributed by atoms with van der Waals surface area (Å²) in [4.78, 5) is 9.59. The van der Waals surface area contributed by atoms with E-state index in [-0.39, 0.29) is 24.0 Å². The van der Waals surface area contributed by atoms with Crippen LogP contribution in [0.4, 0.5) is 0 Å². The highest BCUT2D eigenvalue weighted by molar-refractivity contribution is 14.0. The molecule has 0 saturated heterocycles. The molecule has 3 rings (SSSR count). The van der Waals surface area contributed by atoms with E-state index in [1.54, 1.807) is 13.3 Å². The Bertz CT molecular complexity index is 831. The van der Waals surface area contributed by atoms with Crippen molar-refractivity contribution in [3.63, 3.8) is 0 Å². The molecular weight excluding hydrogens is 453 g/mol. The van der Waals surface area contributed by atoms with E-state index in [9.17, 15) is 0 Å². The number of aromatic amines is 1. The van der Waals surface area contributed by atoms with Gasteiger partial charge in [-0.05, 0) is 30.2 Å². The van der Waals surface area contributed by atoms with Crippen LogP contribution in [0, 0.1) is 0 Å². The molecule has 0 spiro atoms. The smallest absolute Gasteiger partial charge is 0.193 e. The molecule has 0 fully saturated rings. The van der Waals surface area contributed by atoms with Crippen LogP contribution < -0.4 is 5.32 Å². The van der Waals surface area contributed by atoms with E-state index in [1.807, 2.05) is 42.4 Å². The van der Waals surface area contributed by atoms with Gasteiger partial charge in [-0.2, -0.15) is 0 Å². The van der Waals surface area contributed by atoms with Crippen molar-refractivity contribution in [1.82, 2.24) is 20.4 Å². The Morgan fingerprint density at radius 1 is 1.40 bits per heavy atom. The molecule has 0 radical (unpaired) electrons. The molecule has 0 atom stereocenters. The fourth-order valence-corrected chi connectivity index (χ4v) is 2.86. The van der Waals surface area contributed by atoms with Crippen LogP contribution in [0.2, 0.25) is 5.02 Å². The molecule has 0 bridgehead atoms. The van der Waals surface area contributed by atoms with Gasteiger partial charge in [0.15, 0.2) is 5.96 Å². The number of H-pyrrole nitrogens is 1. The molecule has 2 aromatic heterocycles. The third-order valence-corrected chi connectivity index (χ3v) is 4.11. The lowest BCUT2D eigenvalue weighted by Crippen LogP contribution is -2.39.